The predicted octanol–water partition coefficient (Wildman–Crippen LogP) is 0.654. The molecule has 0 aromatic rings. The predicted molar refractivity (Wildman–Crippen MR) is 68.7 cm³/mol. The number of aliphatic carboxylic acids is 1. The third kappa shape index (κ3) is 3.59. The summed E-state index contributed by atoms with van der Waals surface area (Å²) < 4.78 is 0. The molecule has 2 rings (SSSR count). The fourth-order valence-electron chi connectivity index (χ4n) is 3.01. The van der Waals surface area contributed by atoms with Gasteiger partial charge in [-0.3, -0.25) is 4.79 Å². The summed E-state index contributed by atoms with van der Waals surface area (Å²) in [6, 6.07) is -0.136. The summed E-state index contributed by atoms with van der Waals surface area (Å²) in [4.78, 5) is 24.7. The van der Waals surface area contributed by atoms with Crippen LogP contribution in [0.1, 0.15) is 32.1 Å². The van der Waals surface area contributed by atoms with Crippen molar-refractivity contribution in [3.8, 4) is 0 Å². The van der Waals surface area contributed by atoms with Gasteiger partial charge < -0.3 is 20.4 Å². The third-order valence-corrected chi connectivity index (χ3v) is 4.24. The number of carbonyl (C=O) groups excluding carboxylic acids is 1. The average molecular weight is 270 g/mol. The quantitative estimate of drug-likeness (QED) is 0.702. The summed E-state index contributed by atoms with van der Waals surface area (Å²) >= 11 is 0. The Bertz CT molecular complexity index is 340. The molecule has 6 heteroatoms. The second kappa shape index (κ2) is 6.23. The van der Waals surface area contributed by atoms with Crippen LogP contribution >= 0.6 is 0 Å². The standard InChI is InChI=1S/C13H22N2O4/c16-10-4-6-15(7-5-10)13(19)14-8-9-2-1-3-11(9)12(17)18/h9-11,16H,1-8H2,(H,14,19)(H,17,18). The smallest absolute Gasteiger partial charge is 0.317 e. The summed E-state index contributed by atoms with van der Waals surface area (Å²) in [7, 11) is 0. The lowest BCUT2D eigenvalue weighted by atomic mass is 9.96. The number of aliphatic hydroxyl groups is 1. The number of nitrogens with one attached hydrogen (secondary N) is 1. The van der Waals surface area contributed by atoms with Gasteiger partial charge in [-0.05, 0) is 31.6 Å². The number of aliphatic hydroxyl groups excluding tert-OH is 1. The number of hydrogen-bond acceptors (Lipinski definition) is 3. The highest BCUT2D eigenvalue weighted by molar-refractivity contribution is 5.74. The summed E-state index contributed by atoms with van der Waals surface area (Å²) in [6.07, 6.45) is 3.45. The van der Waals surface area contributed by atoms with Crippen molar-refractivity contribution in [2.45, 2.75) is 38.2 Å². The molecule has 2 aliphatic rings. The van der Waals surface area contributed by atoms with Gasteiger partial charge in [0.2, 0.25) is 0 Å². The maximum absolute atomic E-state index is 11.9. The van der Waals surface area contributed by atoms with Crippen molar-refractivity contribution in [1.29, 1.82) is 0 Å². The summed E-state index contributed by atoms with van der Waals surface area (Å²) in [5, 5.41) is 21.3. The Labute approximate surface area is 112 Å². The number of carboxylic acids is 1. The number of likely N-dealkylation sites (tertiary alicyclic amines) is 1. The number of carboxylic acid groups (broad SMARTS) is 1. The van der Waals surface area contributed by atoms with Crippen molar-refractivity contribution in [3.05, 3.63) is 0 Å². The first-order valence-corrected chi connectivity index (χ1v) is 7.01. The zero-order valence-electron chi connectivity index (χ0n) is 11.0. The van der Waals surface area contributed by atoms with Gasteiger partial charge >= 0.3 is 12.0 Å². The Hall–Kier alpha value is -1.30. The minimum absolute atomic E-state index is 0.0526. The van der Waals surface area contributed by atoms with E-state index in [-0.39, 0.29) is 24.0 Å². The van der Waals surface area contributed by atoms with Crippen molar-refractivity contribution in [3.63, 3.8) is 0 Å². The van der Waals surface area contributed by atoms with E-state index in [2.05, 4.69) is 5.32 Å². The second-order valence-corrected chi connectivity index (χ2v) is 5.54. The zero-order chi connectivity index (χ0) is 13.8. The van der Waals surface area contributed by atoms with Gasteiger partial charge in [-0.25, -0.2) is 4.79 Å². The lowest BCUT2D eigenvalue weighted by Gasteiger charge is -2.30. The van der Waals surface area contributed by atoms with Crippen LogP contribution < -0.4 is 5.32 Å². The molecule has 0 spiro atoms. The zero-order valence-corrected chi connectivity index (χ0v) is 11.0. The number of piperidine rings is 1. The first-order valence-electron chi connectivity index (χ1n) is 7.01. The Morgan fingerprint density at radius 3 is 2.47 bits per heavy atom. The lowest BCUT2D eigenvalue weighted by molar-refractivity contribution is -0.142. The minimum atomic E-state index is -0.752. The fraction of sp³-hybridized carbons (Fsp3) is 0.846. The van der Waals surface area contributed by atoms with Gasteiger partial charge in [-0.1, -0.05) is 6.42 Å². The van der Waals surface area contributed by atoms with Crippen LogP contribution in [0, 0.1) is 11.8 Å². The molecule has 1 saturated heterocycles. The number of hydrogen-bond donors (Lipinski definition) is 3. The van der Waals surface area contributed by atoms with Crippen LogP contribution in [0.4, 0.5) is 4.79 Å². The lowest BCUT2D eigenvalue weighted by Crippen LogP contribution is -2.47. The van der Waals surface area contributed by atoms with Crippen LogP contribution in [-0.2, 0) is 4.79 Å². The van der Waals surface area contributed by atoms with E-state index in [4.69, 9.17) is 5.11 Å². The molecule has 0 aromatic carbocycles. The Morgan fingerprint density at radius 2 is 1.84 bits per heavy atom. The van der Waals surface area contributed by atoms with Crippen molar-refractivity contribution >= 4 is 12.0 Å². The summed E-state index contributed by atoms with van der Waals surface area (Å²) in [5.41, 5.74) is 0. The van der Waals surface area contributed by atoms with E-state index in [1.807, 2.05) is 0 Å². The maximum Gasteiger partial charge on any atom is 0.317 e. The first-order chi connectivity index (χ1) is 9.08. The summed E-state index contributed by atoms with van der Waals surface area (Å²) in [6.45, 7) is 1.58. The van der Waals surface area contributed by atoms with E-state index in [0.29, 0.717) is 38.9 Å². The topological polar surface area (TPSA) is 89.9 Å². The molecular formula is C13H22N2O4. The summed E-state index contributed by atoms with van der Waals surface area (Å²) in [5.74, 6) is -1.02. The van der Waals surface area contributed by atoms with Gasteiger partial charge in [0, 0.05) is 19.6 Å². The van der Waals surface area contributed by atoms with Crippen LogP contribution in [0.15, 0.2) is 0 Å². The van der Waals surface area contributed by atoms with Gasteiger partial charge in [0.05, 0.1) is 12.0 Å². The molecule has 2 fully saturated rings. The molecule has 1 saturated carbocycles. The van der Waals surface area contributed by atoms with E-state index < -0.39 is 5.97 Å². The number of amides is 2. The number of urea groups is 1. The monoisotopic (exact) mass is 270 g/mol. The van der Waals surface area contributed by atoms with E-state index in [9.17, 15) is 14.7 Å². The molecule has 1 heterocycles. The van der Waals surface area contributed by atoms with Crippen LogP contribution in [0.5, 0.6) is 0 Å². The van der Waals surface area contributed by atoms with Crippen LogP contribution in [-0.4, -0.2) is 52.9 Å². The van der Waals surface area contributed by atoms with Crippen LogP contribution in [0.2, 0.25) is 0 Å². The van der Waals surface area contributed by atoms with Gasteiger partial charge in [0.15, 0.2) is 0 Å². The van der Waals surface area contributed by atoms with Crippen molar-refractivity contribution < 1.29 is 19.8 Å². The highest BCUT2D eigenvalue weighted by atomic mass is 16.4. The molecule has 0 aromatic heterocycles. The SMILES string of the molecule is O=C(O)C1CCCC1CNC(=O)N1CCC(O)CC1. The molecular weight excluding hydrogens is 248 g/mol. The molecule has 6 nitrogen and oxygen atoms in total. The number of rotatable bonds is 3. The van der Waals surface area contributed by atoms with Gasteiger partial charge in [-0.2, -0.15) is 0 Å². The molecule has 0 bridgehead atoms. The van der Waals surface area contributed by atoms with E-state index in [1.165, 1.54) is 0 Å². The number of carbonyl (C=O) groups is 2. The molecule has 1 aliphatic heterocycles. The molecule has 3 N–H and O–H groups in total. The molecule has 2 amide bonds. The molecule has 108 valence electrons. The number of nitrogens with zero attached hydrogens (tertiary/aromatic N) is 1. The maximum atomic E-state index is 11.9. The van der Waals surface area contributed by atoms with Crippen molar-refractivity contribution in [1.82, 2.24) is 10.2 Å². The van der Waals surface area contributed by atoms with Crippen LogP contribution in [0.25, 0.3) is 0 Å². The van der Waals surface area contributed by atoms with Gasteiger partial charge in [0.1, 0.15) is 0 Å². The van der Waals surface area contributed by atoms with Crippen molar-refractivity contribution in [2.24, 2.45) is 11.8 Å². The van der Waals surface area contributed by atoms with Gasteiger partial charge in [-0.15, -0.1) is 0 Å². The average Bonchev–Trinajstić information content (AvgIpc) is 2.85. The van der Waals surface area contributed by atoms with E-state index >= 15 is 0 Å². The highest BCUT2D eigenvalue weighted by Gasteiger charge is 2.33. The largest absolute Gasteiger partial charge is 0.481 e. The normalized spacial score (nSPS) is 28.4. The van der Waals surface area contributed by atoms with Crippen LogP contribution in [0.3, 0.4) is 0 Å². The molecule has 2 unspecified atom stereocenters. The van der Waals surface area contributed by atoms with E-state index in [0.717, 1.165) is 12.8 Å². The molecule has 1 aliphatic carbocycles. The van der Waals surface area contributed by atoms with Crippen molar-refractivity contribution in [2.75, 3.05) is 19.6 Å². The molecule has 2 atom stereocenters. The molecule has 19 heavy (non-hydrogen) atoms. The minimum Gasteiger partial charge on any atom is -0.481 e. The van der Waals surface area contributed by atoms with E-state index in [1.54, 1.807) is 4.90 Å². The third-order valence-electron chi connectivity index (χ3n) is 4.24. The fourth-order valence-corrected chi connectivity index (χ4v) is 3.01. The molecule has 0 radical (unpaired) electrons. The Morgan fingerprint density at radius 1 is 1.16 bits per heavy atom. The Kier molecular flexibility index (Phi) is 4.63. The first kappa shape index (κ1) is 14.1. The van der Waals surface area contributed by atoms with Gasteiger partial charge in [0.25, 0.3) is 0 Å². The Balaban J connectivity index is 1.75. The second-order valence-electron chi connectivity index (χ2n) is 5.54. The highest BCUT2D eigenvalue weighted by Crippen LogP contribution is 2.31.